The average molecular weight is 324 g/mol. The summed E-state index contributed by atoms with van der Waals surface area (Å²) < 4.78 is 4.66. The van der Waals surface area contributed by atoms with Crippen LogP contribution in [0.25, 0.3) is 0 Å². The molecule has 21 heavy (non-hydrogen) atoms. The predicted molar refractivity (Wildman–Crippen MR) is 86.9 cm³/mol. The van der Waals surface area contributed by atoms with Gasteiger partial charge in [-0.2, -0.15) is 0 Å². The molecule has 0 saturated carbocycles. The van der Waals surface area contributed by atoms with Crippen LogP contribution >= 0.6 is 22.9 Å². The Labute approximate surface area is 133 Å². The van der Waals surface area contributed by atoms with Crippen molar-refractivity contribution in [1.82, 2.24) is 5.32 Å². The van der Waals surface area contributed by atoms with Crippen molar-refractivity contribution in [2.75, 3.05) is 13.7 Å². The SMILES string of the molecule is COC(=O)Cc1ccc(CNCCc2ccc(Cl)cc2)s1. The van der Waals surface area contributed by atoms with Gasteiger partial charge in [-0.05, 0) is 42.8 Å². The summed E-state index contributed by atoms with van der Waals surface area (Å²) in [6.07, 6.45) is 1.32. The molecule has 0 aliphatic heterocycles. The molecule has 2 aromatic rings. The number of hydrogen-bond donors (Lipinski definition) is 1. The van der Waals surface area contributed by atoms with Crippen LogP contribution in [0.2, 0.25) is 5.02 Å². The molecular formula is C16H18ClNO2S. The minimum Gasteiger partial charge on any atom is -0.469 e. The van der Waals surface area contributed by atoms with E-state index in [0.29, 0.717) is 6.42 Å². The fourth-order valence-electron chi connectivity index (χ4n) is 1.92. The van der Waals surface area contributed by atoms with E-state index in [-0.39, 0.29) is 5.97 Å². The largest absolute Gasteiger partial charge is 0.469 e. The van der Waals surface area contributed by atoms with E-state index >= 15 is 0 Å². The molecule has 1 N–H and O–H groups in total. The number of carbonyl (C=O) groups is 1. The molecule has 0 saturated heterocycles. The first-order valence-corrected chi connectivity index (χ1v) is 7.96. The monoisotopic (exact) mass is 323 g/mol. The van der Waals surface area contributed by atoms with Crippen LogP contribution < -0.4 is 5.32 Å². The van der Waals surface area contributed by atoms with Crippen LogP contribution in [0.1, 0.15) is 15.3 Å². The fraction of sp³-hybridized carbons (Fsp3) is 0.312. The van der Waals surface area contributed by atoms with E-state index in [0.717, 1.165) is 29.4 Å². The lowest BCUT2D eigenvalue weighted by Crippen LogP contribution is -2.15. The minimum absolute atomic E-state index is 0.195. The molecule has 2 rings (SSSR count). The molecule has 0 amide bonds. The summed E-state index contributed by atoms with van der Waals surface area (Å²) in [6.45, 7) is 1.73. The number of nitrogens with one attached hydrogen (secondary N) is 1. The van der Waals surface area contributed by atoms with Crippen molar-refractivity contribution in [3.8, 4) is 0 Å². The molecule has 5 heteroatoms. The summed E-state index contributed by atoms with van der Waals surface area (Å²) in [4.78, 5) is 13.5. The zero-order chi connectivity index (χ0) is 15.1. The molecule has 112 valence electrons. The number of halogens is 1. The molecule has 1 aromatic heterocycles. The Bertz CT molecular complexity index is 580. The van der Waals surface area contributed by atoms with Gasteiger partial charge in [-0.3, -0.25) is 4.79 Å². The van der Waals surface area contributed by atoms with Crippen LogP contribution in [0.4, 0.5) is 0 Å². The minimum atomic E-state index is -0.195. The molecule has 0 atom stereocenters. The highest BCUT2D eigenvalue weighted by Crippen LogP contribution is 2.17. The Hall–Kier alpha value is -1.36. The van der Waals surface area contributed by atoms with Gasteiger partial charge in [0.05, 0.1) is 13.5 Å². The third-order valence-corrected chi connectivity index (χ3v) is 4.40. The lowest BCUT2D eigenvalue weighted by atomic mass is 10.1. The maximum absolute atomic E-state index is 11.2. The van der Waals surface area contributed by atoms with Gasteiger partial charge in [-0.25, -0.2) is 0 Å². The van der Waals surface area contributed by atoms with Gasteiger partial charge >= 0.3 is 5.97 Å². The predicted octanol–water partition coefficient (Wildman–Crippen LogP) is 3.45. The first-order chi connectivity index (χ1) is 10.2. The summed E-state index contributed by atoms with van der Waals surface area (Å²) in [7, 11) is 1.41. The average Bonchev–Trinajstić information content (AvgIpc) is 2.93. The van der Waals surface area contributed by atoms with Gasteiger partial charge in [0.15, 0.2) is 0 Å². The molecule has 1 heterocycles. The third kappa shape index (κ3) is 5.50. The molecule has 0 unspecified atom stereocenters. The second-order valence-corrected chi connectivity index (χ2v) is 6.36. The molecule has 3 nitrogen and oxygen atoms in total. The Balaban J connectivity index is 1.71. The second kappa shape index (κ2) is 8.17. The highest BCUT2D eigenvalue weighted by Gasteiger charge is 2.06. The van der Waals surface area contributed by atoms with Crippen LogP contribution in [0.3, 0.4) is 0 Å². The number of rotatable bonds is 7. The first-order valence-electron chi connectivity index (χ1n) is 6.77. The zero-order valence-corrected chi connectivity index (χ0v) is 13.5. The van der Waals surface area contributed by atoms with Crippen molar-refractivity contribution < 1.29 is 9.53 Å². The summed E-state index contributed by atoms with van der Waals surface area (Å²) in [5.41, 5.74) is 1.27. The molecule has 0 aliphatic carbocycles. The number of methoxy groups -OCH3 is 1. The van der Waals surface area contributed by atoms with Gasteiger partial charge in [-0.15, -0.1) is 11.3 Å². The van der Waals surface area contributed by atoms with Crippen molar-refractivity contribution in [3.63, 3.8) is 0 Å². The lowest BCUT2D eigenvalue weighted by Gasteiger charge is -2.03. The van der Waals surface area contributed by atoms with E-state index in [4.69, 9.17) is 11.6 Å². The van der Waals surface area contributed by atoms with Crippen LogP contribution in [0.5, 0.6) is 0 Å². The molecule has 1 aromatic carbocycles. The van der Waals surface area contributed by atoms with Crippen molar-refractivity contribution in [3.05, 3.63) is 56.7 Å². The van der Waals surface area contributed by atoms with Crippen LogP contribution in [-0.2, 0) is 28.9 Å². The van der Waals surface area contributed by atoms with Crippen molar-refractivity contribution in [2.24, 2.45) is 0 Å². The molecule has 0 aliphatic rings. The Morgan fingerprint density at radius 3 is 2.62 bits per heavy atom. The highest BCUT2D eigenvalue weighted by molar-refractivity contribution is 7.12. The van der Waals surface area contributed by atoms with E-state index < -0.39 is 0 Å². The smallest absolute Gasteiger partial charge is 0.310 e. The van der Waals surface area contributed by atoms with Crippen LogP contribution in [0, 0.1) is 0 Å². The van der Waals surface area contributed by atoms with Gasteiger partial charge in [0.25, 0.3) is 0 Å². The van der Waals surface area contributed by atoms with Crippen molar-refractivity contribution in [1.29, 1.82) is 0 Å². The topological polar surface area (TPSA) is 38.3 Å². The van der Waals surface area contributed by atoms with Gasteiger partial charge in [-0.1, -0.05) is 23.7 Å². The molecule has 0 spiro atoms. The quantitative estimate of drug-likeness (QED) is 0.626. The van der Waals surface area contributed by atoms with E-state index in [2.05, 4.69) is 16.1 Å². The zero-order valence-electron chi connectivity index (χ0n) is 11.9. The van der Waals surface area contributed by atoms with Crippen molar-refractivity contribution in [2.45, 2.75) is 19.4 Å². The summed E-state index contributed by atoms with van der Waals surface area (Å²) >= 11 is 7.50. The highest BCUT2D eigenvalue weighted by atomic mass is 35.5. The summed E-state index contributed by atoms with van der Waals surface area (Å²) in [5.74, 6) is -0.195. The van der Waals surface area contributed by atoms with E-state index in [9.17, 15) is 4.79 Å². The van der Waals surface area contributed by atoms with Gasteiger partial charge < -0.3 is 10.1 Å². The Morgan fingerprint density at radius 2 is 1.90 bits per heavy atom. The normalized spacial score (nSPS) is 10.6. The van der Waals surface area contributed by atoms with Crippen LogP contribution in [0.15, 0.2) is 36.4 Å². The van der Waals surface area contributed by atoms with E-state index in [1.807, 2.05) is 30.3 Å². The van der Waals surface area contributed by atoms with Crippen LogP contribution in [-0.4, -0.2) is 19.6 Å². The van der Waals surface area contributed by atoms with E-state index in [1.165, 1.54) is 17.6 Å². The third-order valence-electron chi connectivity index (χ3n) is 3.07. The maximum Gasteiger partial charge on any atom is 0.310 e. The standard InChI is InChI=1S/C16H18ClNO2S/c1-20-16(19)10-14-6-7-15(21-14)11-18-9-8-12-2-4-13(17)5-3-12/h2-7,18H,8-11H2,1H3. The van der Waals surface area contributed by atoms with Gasteiger partial charge in [0, 0.05) is 21.3 Å². The maximum atomic E-state index is 11.2. The summed E-state index contributed by atoms with van der Waals surface area (Å²) in [5, 5.41) is 4.17. The summed E-state index contributed by atoms with van der Waals surface area (Å²) in [6, 6.07) is 12.0. The molecule has 0 fully saturated rings. The van der Waals surface area contributed by atoms with Crippen molar-refractivity contribution >= 4 is 28.9 Å². The first kappa shape index (κ1) is 16.0. The van der Waals surface area contributed by atoms with Gasteiger partial charge in [0.1, 0.15) is 0 Å². The Kier molecular flexibility index (Phi) is 6.23. The lowest BCUT2D eigenvalue weighted by molar-refractivity contribution is -0.139. The second-order valence-electron chi connectivity index (χ2n) is 4.67. The number of ether oxygens (including phenoxy) is 1. The number of thiophene rings is 1. The van der Waals surface area contributed by atoms with E-state index in [1.54, 1.807) is 11.3 Å². The molecular weight excluding hydrogens is 306 g/mol. The number of esters is 1. The molecule has 0 bridgehead atoms. The fourth-order valence-corrected chi connectivity index (χ4v) is 3.02. The molecule has 0 radical (unpaired) electrons. The van der Waals surface area contributed by atoms with Gasteiger partial charge in [0.2, 0.25) is 0 Å². The Morgan fingerprint density at radius 1 is 1.19 bits per heavy atom. The number of hydrogen-bond acceptors (Lipinski definition) is 4. The number of benzene rings is 1. The number of carbonyl (C=O) groups excluding carboxylic acids is 1.